The highest BCUT2D eigenvalue weighted by molar-refractivity contribution is 7.98. The third-order valence-corrected chi connectivity index (χ3v) is 8.20. The first-order chi connectivity index (χ1) is 17.9. The van der Waals surface area contributed by atoms with Crippen molar-refractivity contribution in [2.24, 2.45) is 0 Å². The van der Waals surface area contributed by atoms with Gasteiger partial charge in [-0.2, -0.15) is 0 Å². The fraction of sp³-hybridized carbons (Fsp3) is 0.259. The zero-order chi connectivity index (χ0) is 25.8. The number of thioether (sulfide) groups is 1. The molecule has 0 saturated heterocycles. The third-order valence-electron chi connectivity index (χ3n) is 7.08. The lowest BCUT2D eigenvalue weighted by molar-refractivity contribution is 0.0625. The fourth-order valence-corrected chi connectivity index (χ4v) is 6.41. The Hall–Kier alpha value is -3.79. The van der Waals surface area contributed by atoms with Gasteiger partial charge in [0.2, 0.25) is 5.43 Å². The number of fused-ring (bicyclic) bond motifs is 7. The number of halogens is 2. The van der Waals surface area contributed by atoms with Gasteiger partial charge in [-0.25, -0.2) is 8.78 Å². The van der Waals surface area contributed by atoms with Crippen molar-refractivity contribution in [1.82, 2.24) is 9.58 Å². The van der Waals surface area contributed by atoms with Crippen molar-refractivity contribution in [3.63, 3.8) is 0 Å². The molecule has 0 aliphatic carbocycles. The van der Waals surface area contributed by atoms with Crippen LogP contribution < -0.4 is 15.2 Å². The Kier molecular flexibility index (Phi) is 5.71. The quantitative estimate of drug-likeness (QED) is 0.480. The van der Waals surface area contributed by atoms with E-state index in [1.807, 2.05) is 37.3 Å². The molecule has 1 N–H and O–H groups in total. The van der Waals surface area contributed by atoms with E-state index in [9.17, 15) is 19.1 Å². The number of aromatic hydroxyl groups is 1. The summed E-state index contributed by atoms with van der Waals surface area (Å²) in [5, 5.41) is 12.6. The molecule has 0 spiro atoms. The molecule has 1 aromatic heterocycles. The number of hydrogen-bond donors (Lipinski definition) is 1. The molecule has 3 aliphatic rings. The first-order valence-corrected chi connectivity index (χ1v) is 12.9. The van der Waals surface area contributed by atoms with Crippen molar-refractivity contribution in [1.29, 1.82) is 0 Å². The van der Waals surface area contributed by atoms with Gasteiger partial charge in [0.15, 0.2) is 23.1 Å². The van der Waals surface area contributed by atoms with E-state index in [0.29, 0.717) is 12.0 Å². The minimum Gasteiger partial charge on any atom is -0.502 e. The molecule has 0 radical (unpaired) electrons. The third kappa shape index (κ3) is 3.61. The minimum atomic E-state index is -0.999. The zero-order valence-corrected chi connectivity index (χ0v) is 20.7. The number of aromatic nitrogens is 1. The van der Waals surface area contributed by atoms with Gasteiger partial charge in [0.05, 0.1) is 6.04 Å². The van der Waals surface area contributed by atoms with Crippen LogP contribution >= 0.6 is 11.8 Å². The second-order valence-corrected chi connectivity index (χ2v) is 10.1. The molecule has 0 saturated carbocycles. The van der Waals surface area contributed by atoms with Crippen molar-refractivity contribution in [2.75, 3.05) is 18.3 Å². The Morgan fingerprint density at radius 2 is 2.00 bits per heavy atom. The Morgan fingerprint density at radius 3 is 2.81 bits per heavy atom. The molecule has 0 fully saturated rings. The van der Waals surface area contributed by atoms with Gasteiger partial charge in [-0.05, 0) is 24.1 Å². The number of hydrogen-bond acceptors (Lipinski definition) is 6. The molecule has 7 nitrogen and oxygen atoms in total. The minimum absolute atomic E-state index is 0.0680. The van der Waals surface area contributed by atoms with E-state index >= 15 is 4.39 Å². The summed E-state index contributed by atoms with van der Waals surface area (Å²) >= 11 is 1.39. The molecule has 10 heteroatoms. The number of rotatable bonds is 1. The molecule has 190 valence electrons. The molecule has 0 unspecified atom stereocenters. The van der Waals surface area contributed by atoms with E-state index in [-0.39, 0.29) is 42.1 Å². The summed E-state index contributed by atoms with van der Waals surface area (Å²) < 4.78 is 37.7. The molecule has 3 aliphatic heterocycles. The number of carbonyl (C=O) groups is 1. The molecule has 2 bridgehead atoms. The number of carbonyl (C=O) groups excluding carboxylic acids is 1. The zero-order valence-electron chi connectivity index (χ0n) is 19.9. The molecule has 3 aromatic rings. The first-order valence-electron chi connectivity index (χ1n) is 11.9. The first kappa shape index (κ1) is 23.6. The largest absolute Gasteiger partial charge is 0.502 e. The topological polar surface area (TPSA) is 75.0 Å². The molecule has 2 aromatic carbocycles. The predicted octanol–water partition coefficient (Wildman–Crippen LogP) is 4.31. The van der Waals surface area contributed by atoms with E-state index in [2.05, 4.69) is 0 Å². The van der Waals surface area contributed by atoms with Crippen LogP contribution in [0.3, 0.4) is 0 Å². The van der Waals surface area contributed by atoms with Gasteiger partial charge >= 0.3 is 0 Å². The summed E-state index contributed by atoms with van der Waals surface area (Å²) in [5.74, 6) is -2.72. The second kappa shape index (κ2) is 8.95. The molecule has 2 atom stereocenters. The molecule has 6 rings (SSSR count). The predicted molar refractivity (Wildman–Crippen MR) is 135 cm³/mol. The van der Waals surface area contributed by atoms with E-state index in [4.69, 9.17) is 4.74 Å². The van der Waals surface area contributed by atoms with Crippen LogP contribution in [0.4, 0.5) is 8.78 Å². The lowest BCUT2D eigenvalue weighted by atomic mass is 9.92. The van der Waals surface area contributed by atoms with Crippen LogP contribution in [0.15, 0.2) is 64.4 Å². The molecule has 4 heterocycles. The summed E-state index contributed by atoms with van der Waals surface area (Å²) in [5.41, 5.74) is 0.570. The molecule has 1 amide bonds. The lowest BCUT2D eigenvalue weighted by Crippen LogP contribution is -2.57. The van der Waals surface area contributed by atoms with Crippen LogP contribution in [0.1, 0.15) is 46.6 Å². The van der Waals surface area contributed by atoms with Crippen LogP contribution in [0.5, 0.6) is 11.5 Å². The second-order valence-electron chi connectivity index (χ2n) is 9.08. The summed E-state index contributed by atoms with van der Waals surface area (Å²) in [6.45, 7) is 2.08. The highest BCUT2D eigenvalue weighted by Crippen LogP contribution is 2.47. The van der Waals surface area contributed by atoms with Gasteiger partial charge < -0.3 is 14.7 Å². The number of amides is 1. The number of pyridine rings is 1. The Morgan fingerprint density at radius 1 is 1.19 bits per heavy atom. The highest BCUT2D eigenvalue weighted by Gasteiger charge is 2.42. The molecule has 37 heavy (non-hydrogen) atoms. The van der Waals surface area contributed by atoms with Gasteiger partial charge in [-0.3, -0.25) is 19.3 Å². The average Bonchev–Trinajstić information content (AvgIpc) is 3.08. The fourth-order valence-electron chi connectivity index (χ4n) is 5.31. The summed E-state index contributed by atoms with van der Waals surface area (Å²) in [6, 6.07) is 8.73. The van der Waals surface area contributed by atoms with Gasteiger partial charge in [-0.15, -0.1) is 11.8 Å². The average molecular weight is 524 g/mol. The smallest absolute Gasteiger partial charge is 0.278 e. The van der Waals surface area contributed by atoms with E-state index in [0.717, 1.165) is 16.5 Å². The van der Waals surface area contributed by atoms with E-state index < -0.39 is 34.8 Å². The van der Waals surface area contributed by atoms with Gasteiger partial charge in [0.25, 0.3) is 5.91 Å². The highest BCUT2D eigenvalue weighted by atomic mass is 32.2. The Bertz CT molecular complexity index is 1520. The summed E-state index contributed by atoms with van der Waals surface area (Å²) in [7, 11) is 0. The van der Waals surface area contributed by atoms with E-state index in [1.165, 1.54) is 28.7 Å². The van der Waals surface area contributed by atoms with Crippen molar-refractivity contribution in [3.05, 3.63) is 99.0 Å². The van der Waals surface area contributed by atoms with Crippen molar-refractivity contribution in [2.45, 2.75) is 36.1 Å². The Balaban J connectivity index is 1.72. The molecular weight excluding hydrogens is 500 g/mol. The number of nitrogens with zero attached hydrogens (tertiary/aromatic N) is 3. The Labute approximate surface area is 215 Å². The number of ether oxygens (including phenoxy) is 1. The van der Waals surface area contributed by atoms with Crippen molar-refractivity contribution < 1.29 is 23.4 Å². The van der Waals surface area contributed by atoms with Crippen molar-refractivity contribution >= 4 is 17.7 Å². The summed E-state index contributed by atoms with van der Waals surface area (Å²) in [4.78, 5) is 28.5. The van der Waals surface area contributed by atoms with Crippen LogP contribution in [0.25, 0.3) is 0 Å². The van der Waals surface area contributed by atoms with Crippen LogP contribution in [0.2, 0.25) is 0 Å². The maximum Gasteiger partial charge on any atom is 0.278 e. The van der Waals surface area contributed by atoms with Crippen LogP contribution in [-0.2, 0) is 5.75 Å². The summed E-state index contributed by atoms with van der Waals surface area (Å²) in [6.07, 6.45) is 5.56. The van der Waals surface area contributed by atoms with Crippen LogP contribution in [-0.4, -0.2) is 39.9 Å². The monoisotopic (exact) mass is 523 g/mol. The van der Waals surface area contributed by atoms with E-state index in [1.54, 1.807) is 16.0 Å². The van der Waals surface area contributed by atoms with Gasteiger partial charge in [0.1, 0.15) is 25.1 Å². The standard InChI is InChI=1S/C27H23F2N3O4S/c1-2-15-6-5-11-36-20-12-18(28)23(29)17-13-37-21-8-4-3-7-16(21)24(22(17)20)32-14-30(15)27(35)25-26(34)19(33)9-10-31(25)32/h3-10,12,15,24,34H,2,11,13-14H2,1H3/b6-5-/t15-,24+/m0/s1. The number of benzene rings is 2. The van der Waals surface area contributed by atoms with Gasteiger partial charge in [0, 0.05) is 40.1 Å². The normalized spacial score (nSPS) is 21.1. The van der Waals surface area contributed by atoms with Crippen molar-refractivity contribution in [3.8, 4) is 11.5 Å². The maximum absolute atomic E-state index is 15.4. The maximum atomic E-state index is 15.4. The van der Waals surface area contributed by atoms with Gasteiger partial charge in [-0.1, -0.05) is 31.2 Å². The lowest BCUT2D eigenvalue weighted by Gasteiger charge is -2.46. The SMILES string of the molecule is CC[C@H]1/C=C\COc2cc(F)c(F)c3c2[C@@H](c2ccccc2SC3)N2CN1C(=O)c1c(O)c(=O)ccn12. The molecular formula is C27H23F2N3O4S. The van der Waals surface area contributed by atoms with Crippen LogP contribution in [0, 0.1) is 11.6 Å².